The molecule has 1 heterocycles. The Hall–Kier alpha value is -3.10. The lowest BCUT2D eigenvalue weighted by Gasteiger charge is -2.11. The number of nitrogens with zero attached hydrogens (tertiary/aromatic N) is 3. The van der Waals surface area contributed by atoms with Gasteiger partial charge in [-0.2, -0.15) is 15.4 Å². The van der Waals surface area contributed by atoms with Gasteiger partial charge in [0.2, 0.25) is 0 Å². The molecule has 3 rings (SSSR count). The summed E-state index contributed by atoms with van der Waals surface area (Å²) in [6.07, 6.45) is 1.73. The number of carbonyl (C=O) groups is 1. The first-order valence-corrected chi connectivity index (χ1v) is 7.94. The van der Waals surface area contributed by atoms with E-state index in [1.165, 1.54) is 5.01 Å². The van der Waals surface area contributed by atoms with Crippen molar-refractivity contribution in [3.8, 4) is 11.8 Å². The smallest absolute Gasteiger partial charge is 0.280 e. The minimum Gasteiger partial charge on any atom is -0.478 e. The Morgan fingerprint density at radius 1 is 1.24 bits per heavy atom. The first-order valence-electron chi connectivity index (χ1n) is 7.56. The number of anilines is 1. The molecule has 1 aliphatic heterocycles. The van der Waals surface area contributed by atoms with Crippen LogP contribution in [0.5, 0.6) is 5.75 Å². The van der Waals surface area contributed by atoms with Gasteiger partial charge >= 0.3 is 0 Å². The fourth-order valence-electron chi connectivity index (χ4n) is 2.44. The van der Waals surface area contributed by atoms with Gasteiger partial charge in [-0.3, -0.25) is 4.79 Å². The zero-order valence-electron chi connectivity index (χ0n) is 13.4. The van der Waals surface area contributed by atoms with Crippen LogP contribution in [0.15, 0.2) is 59.2 Å². The Morgan fingerprint density at radius 2 is 1.96 bits per heavy atom. The minimum atomic E-state index is -0.227. The van der Waals surface area contributed by atoms with Crippen LogP contribution in [0.1, 0.15) is 12.5 Å². The van der Waals surface area contributed by atoms with Crippen LogP contribution in [0.4, 0.5) is 5.69 Å². The molecule has 0 bridgehead atoms. The van der Waals surface area contributed by atoms with Crippen molar-refractivity contribution in [1.29, 1.82) is 5.26 Å². The highest BCUT2D eigenvalue weighted by atomic mass is 35.5. The number of hydrogen-bond acceptors (Lipinski definition) is 4. The molecule has 0 spiro atoms. The van der Waals surface area contributed by atoms with Gasteiger partial charge < -0.3 is 4.74 Å². The van der Waals surface area contributed by atoms with E-state index in [0.717, 1.165) is 0 Å². The summed E-state index contributed by atoms with van der Waals surface area (Å²) in [6.45, 7) is 1.72. The van der Waals surface area contributed by atoms with E-state index < -0.39 is 0 Å². The van der Waals surface area contributed by atoms with Gasteiger partial charge in [0.25, 0.3) is 5.91 Å². The third-order valence-corrected chi connectivity index (χ3v) is 3.90. The number of carbonyl (C=O) groups excluding carboxylic acids is 1. The molecule has 1 amide bonds. The first-order chi connectivity index (χ1) is 12.1. The van der Waals surface area contributed by atoms with Crippen molar-refractivity contribution in [1.82, 2.24) is 0 Å². The van der Waals surface area contributed by atoms with Crippen LogP contribution in [0.25, 0.3) is 6.08 Å². The number of amides is 1. The van der Waals surface area contributed by atoms with Gasteiger partial charge in [0.15, 0.2) is 6.61 Å². The summed E-state index contributed by atoms with van der Waals surface area (Å²) in [4.78, 5) is 12.7. The van der Waals surface area contributed by atoms with Crippen molar-refractivity contribution in [2.75, 3.05) is 11.6 Å². The molecule has 25 heavy (non-hydrogen) atoms. The van der Waals surface area contributed by atoms with E-state index >= 15 is 0 Å². The monoisotopic (exact) mass is 351 g/mol. The number of para-hydroxylation sites is 1. The Morgan fingerprint density at radius 3 is 2.68 bits per heavy atom. The minimum absolute atomic E-state index is 0.0574. The summed E-state index contributed by atoms with van der Waals surface area (Å²) in [7, 11) is 0. The predicted octanol–water partition coefficient (Wildman–Crippen LogP) is 4.05. The maximum Gasteiger partial charge on any atom is 0.280 e. The second-order valence-electron chi connectivity index (χ2n) is 5.32. The Labute approximate surface area is 150 Å². The van der Waals surface area contributed by atoms with Gasteiger partial charge in [-0.1, -0.05) is 29.8 Å². The van der Waals surface area contributed by atoms with Crippen molar-refractivity contribution >= 4 is 35.0 Å². The van der Waals surface area contributed by atoms with Crippen LogP contribution in [0, 0.1) is 11.3 Å². The Bertz CT molecular complexity index is 911. The standard InChI is InChI=1S/C19H14ClN3O2/c1-13-17(12-14-4-2-3-5-18(14)25-11-10-21)19(24)23(22-13)16-8-6-15(20)7-9-16/h2-9,12H,11H2,1H3/b17-12-. The van der Waals surface area contributed by atoms with Crippen LogP contribution in [-0.2, 0) is 4.79 Å². The molecule has 0 aromatic heterocycles. The van der Waals surface area contributed by atoms with Gasteiger partial charge in [-0.05, 0) is 43.3 Å². The second-order valence-corrected chi connectivity index (χ2v) is 5.76. The summed E-state index contributed by atoms with van der Waals surface area (Å²) >= 11 is 5.89. The number of hydrazone groups is 1. The van der Waals surface area contributed by atoms with Crippen molar-refractivity contribution in [2.24, 2.45) is 5.10 Å². The fourth-order valence-corrected chi connectivity index (χ4v) is 2.56. The normalized spacial score (nSPS) is 15.2. The third kappa shape index (κ3) is 3.54. The molecule has 0 atom stereocenters. The van der Waals surface area contributed by atoms with Gasteiger partial charge in [0.05, 0.1) is 17.0 Å². The quantitative estimate of drug-likeness (QED) is 0.780. The molecular formula is C19H14ClN3O2. The zero-order valence-corrected chi connectivity index (χ0v) is 14.2. The maximum absolute atomic E-state index is 12.7. The molecule has 6 heteroatoms. The van der Waals surface area contributed by atoms with Crippen LogP contribution in [-0.4, -0.2) is 18.2 Å². The Kier molecular flexibility index (Phi) is 4.82. The second kappa shape index (κ2) is 7.20. The molecular weight excluding hydrogens is 338 g/mol. The van der Waals surface area contributed by atoms with E-state index in [1.54, 1.807) is 43.3 Å². The molecule has 5 nitrogen and oxygen atoms in total. The van der Waals surface area contributed by atoms with Crippen molar-refractivity contribution in [3.05, 3.63) is 64.7 Å². The molecule has 124 valence electrons. The third-order valence-electron chi connectivity index (χ3n) is 3.64. The molecule has 0 aliphatic carbocycles. The number of hydrogen-bond donors (Lipinski definition) is 0. The van der Waals surface area contributed by atoms with Crippen LogP contribution < -0.4 is 9.75 Å². The molecule has 2 aromatic rings. The number of benzene rings is 2. The van der Waals surface area contributed by atoms with Gasteiger partial charge in [-0.25, -0.2) is 0 Å². The zero-order chi connectivity index (χ0) is 17.8. The largest absolute Gasteiger partial charge is 0.478 e. The van der Waals surface area contributed by atoms with Crippen molar-refractivity contribution in [2.45, 2.75) is 6.92 Å². The van der Waals surface area contributed by atoms with E-state index in [0.29, 0.717) is 33.3 Å². The van der Waals surface area contributed by atoms with E-state index in [1.807, 2.05) is 24.3 Å². The number of ether oxygens (including phenoxy) is 1. The van der Waals surface area contributed by atoms with Gasteiger partial charge in [0, 0.05) is 10.6 Å². The lowest BCUT2D eigenvalue weighted by molar-refractivity contribution is -0.114. The average Bonchev–Trinajstić information content (AvgIpc) is 2.90. The fraction of sp³-hybridized carbons (Fsp3) is 0.105. The lowest BCUT2D eigenvalue weighted by Crippen LogP contribution is -2.21. The highest BCUT2D eigenvalue weighted by molar-refractivity contribution is 6.32. The van der Waals surface area contributed by atoms with Gasteiger partial charge in [-0.15, -0.1) is 0 Å². The summed E-state index contributed by atoms with van der Waals surface area (Å²) in [5.74, 6) is 0.317. The summed E-state index contributed by atoms with van der Waals surface area (Å²) in [5.41, 5.74) is 2.44. The number of nitriles is 1. The molecule has 0 saturated carbocycles. The predicted molar refractivity (Wildman–Crippen MR) is 97.6 cm³/mol. The molecule has 0 fully saturated rings. The number of halogens is 1. The number of rotatable bonds is 4. The van der Waals surface area contributed by atoms with Crippen LogP contribution in [0.3, 0.4) is 0 Å². The summed E-state index contributed by atoms with van der Waals surface area (Å²) in [6, 6.07) is 16.1. The van der Waals surface area contributed by atoms with E-state index in [9.17, 15) is 4.79 Å². The highest BCUT2D eigenvalue weighted by Gasteiger charge is 2.28. The molecule has 0 unspecified atom stereocenters. The maximum atomic E-state index is 12.7. The van der Waals surface area contributed by atoms with Crippen molar-refractivity contribution in [3.63, 3.8) is 0 Å². The van der Waals surface area contributed by atoms with Crippen LogP contribution in [0.2, 0.25) is 5.02 Å². The Balaban J connectivity index is 1.93. The SMILES string of the molecule is CC1=NN(c2ccc(Cl)cc2)C(=O)/C1=C\c1ccccc1OCC#N. The average molecular weight is 352 g/mol. The molecule has 0 radical (unpaired) electrons. The topological polar surface area (TPSA) is 65.7 Å². The van der Waals surface area contributed by atoms with Crippen LogP contribution >= 0.6 is 11.6 Å². The molecule has 1 aliphatic rings. The molecule has 0 N–H and O–H groups in total. The molecule has 2 aromatic carbocycles. The van der Waals surface area contributed by atoms with E-state index in [2.05, 4.69) is 5.10 Å². The summed E-state index contributed by atoms with van der Waals surface area (Å²) < 4.78 is 5.41. The van der Waals surface area contributed by atoms with E-state index in [-0.39, 0.29) is 12.5 Å². The molecule has 0 saturated heterocycles. The lowest BCUT2D eigenvalue weighted by atomic mass is 10.1. The van der Waals surface area contributed by atoms with Crippen molar-refractivity contribution < 1.29 is 9.53 Å². The first kappa shape index (κ1) is 16.7. The van der Waals surface area contributed by atoms with E-state index in [4.69, 9.17) is 21.6 Å². The summed E-state index contributed by atoms with van der Waals surface area (Å²) in [5, 5.41) is 15.0. The highest BCUT2D eigenvalue weighted by Crippen LogP contribution is 2.28. The van der Waals surface area contributed by atoms with Gasteiger partial charge in [0.1, 0.15) is 11.8 Å².